The molecular weight excluding hydrogens is 781 g/mol. The van der Waals surface area contributed by atoms with Gasteiger partial charge in [-0.25, -0.2) is 15.0 Å². The van der Waals surface area contributed by atoms with Crippen LogP contribution in [0.2, 0.25) is 0 Å². The van der Waals surface area contributed by atoms with Crippen molar-refractivity contribution in [2.24, 2.45) is 0 Å². The molecule has 1 aliphatic carbocycles. The minimum atomic E-state index is 0.589. The number of benzene rings is 9. The van der Waals surface area contributed by atoms with Crippen LogP contribution < -0.4 is 0 Å². The van der Waals surface area contributed by atoms with Gasteiger partial charge in [-0.15, -0.1) is 0 Å². The average molecular weight is 813 g/mol. The number of hydrogen-bond donors (Lipinski definition) is 0. The third kappa shape index (κ3) is 5.48. The molecule has 0 atom stereocenters. The number of hydrogen-bond acceptors (Lipinski definition) is 6. The molecule has 0 saturated carbocycles. The summed E-state index contributed by atoms with van der Waals surface area (Å²) in [6, 6.07) is 62.1. The smallest absolute Gasteiger partial charge is 0.164 e. The van der Waals surface area contributed by atoms with Crippen molar-refractivity contribution in [2.75, 3.05) is 0 Å². The summed E-state index contributed by atoms with van der Waals surface area (Å²) in [4.78, 5) is 24.4. The summed E-state index contributed by atoms with van der Waals surface area (Å²) >= 11 is 0. The first-order valence-electron chi connectivity index (χ1n) is 21.3. The summed E-state index contributed by atoms with van der Waals surface area (Å²) in [5.74, 6) is 1.78. The van der Waals surface area contributed by atoms with Crippen LogP contribution in [-0.2, 0) is 0 Å². The van der Waals surface area contributed by atoms with Gasteiger partial charge in [0.15, 0.2) is 17.5 Å². The Morgan fingerprint density at radius 2 is 0.859 bits per heavy atom. The fourth-order valence-electron chi connectivity index (χ4n) is 9.93. The van der Waals surface area contributed by atoms with Crippen molar-refractivity contribution in [1.29, 1.82) is 5.26 Å². The molecule has 6 heteroatoms. The Morgan fingerprint density at radius 1 is 0.328 bits per heavy atom. The maximum atomic E-state index is 9.63. The predicted octanol–water partition coefficient (Wildman–Crippen LogP) is 14.3. The van der Waals surface area contributed by atoms with E-state index >= 15 is 0 Å². The number of rotatable bonds is 5. The zero-order valence-electron chi connectivity index (χ0n) is 34.2. The van der Waals surface area contributed by atoms with Gasteiger partial charge in [0.1, 0.15) is 0 Å². The third-order valence-corrected chi connectivity index (χ3v) is 12.9. The summed E-state index contributed by atoms with van der Waals surface area (Å²) in [6.07, 6.45) is 7.37. The standard InChI is InChI=1S/C58H32N6/c59-31-34-14-16-35(17-15-34)42-22-23-49-43-8-1-2-9-44(43)50-25-24-48(54(42)55(49)50)45-10-5-11-46-47(45)21-20-36-18-19-37(30-53(36)46)56-62-57(51-12-3-6-38-32-60-28-26-40(38)51)64-58(63-56)52-13-4-7-39-33-61-29-27-41(39)52/h1-30,32-33H. The second kappa shape index (κ2) is 14.1. The van der Waals surface area contributed by atoms with Crippen molar-refractivity contribution < 1.29 is 0 Å². The molecule has 0 amide bonds. The van der Waals surface area contributed by atoms with E-state index in [9.17, 15) is 5.26 Å². The summed E-state index contributed by atoms with van der Waals surface area (Å²) in [5, 5.41) is 20.7. The first-order chi connectivity index (χ1) is 31.7. The molecular formula is C58H32N6. The van der Waals surface area contributed by atoms with Crippen LogP contribution in [0.15, 0.2) is 195 Å². The van der Waals surface area contributed by atoms with Gasteiger partial charge in [0.25, 0.3) is 0 Å². The lowest BCUT2D eigenvalue weighted by Gasteiger charge is -2.17. The molecule has 1 aliphatic rings. The number of nitrogens with zero attached hydrogens (tertiary/aromatic N) is 6. The van der Waals surface area contributed by atoms with Crippen LogP contribution >= 0.6 is 0 Å². The minimum Gasteiger partial charge on any atom is -0.264 e. The monoisotopic (exact) mass is 812 g/mol. The van der Waals surface area contributed by atoms with Crippen LogP contribution in [0.5, 0.6) is 0 Å². The third-order valence-electron chi connectivity index (χ3n) is 12.9. The highest BCUT2D eigenvalue weighted by Gasteiger charge is 2.26. The van der Waals surface area contributed by atoms with Gasteiger partial charge >= 0.3 is 0 Å². The zero-order chi connectivity index (χ0) is 42.3. The highest BCUT2D eigenvalue weighted by atomic mass is 15.0. The Hall–Kier alpha value is -8.92. The Bertz CT molecular complexity index is 3840. The van der Waals surface area contributed by atoms with Crippen molar-refractivity contribution in [3.63, 3.8) is 0 Å². The van der Waals surface area contributed by atoms with Crippen molar-refractivity contribution in [3.05, 3.63) is 200 Å². The quantitative estimate of drug-likeness (QED) is 0.161. The van der Waals surface area contributed by atoms with Crippen LogP contribution in [-0.4, -0.2) is 24.9 Å². The molecule has 0 unspecified atom stereocenters. The molecule has 0 radical (unpaired) electrons. The van der Waals surface area contributed by atoms with Gasteiger partial charge in [0, 0.05) is 52.3 Å². The van der Waals surface area contributed by atoms with Gasteiger partial charge in [0.05, 0.1) is 11.6 Å². The van der Waals surface area contributed by atoms with E-state index in [0.29, 0.717) is 23.0 Å². The van der Waals surface area contributed by atoms with Gasteiger partial charge in [-0.05, 0) is 118 Å². The van der Waals surface area contributed by atoms with E-state index in [0.717, 1.165) is 82.0 Å². The van der Waals surface area contributed by atoms with Gasteiger partial charge in [0.2, 0.25) is 0 Å². The minimum absolute atomic E-state index is 0.589. The van der Waals surface area contributed by atoms with E-state index in [1.165, 1.54) is 33.0 Å². The molecule has 0 bridgehead atoms. The lowest BCUT2D eigenvalue weighted by Crippen LogP contribution is -2.01. The van der Waals surface area contributed by atoms with Gasteiger partial charge in [-0.2, -0.15) is 5.26 Å². The SMILES string of the molecule is N#Cc1ccc(-c2ccc3c4c(ccc(-c5cccc6c5ccc5ccc(-c7nc(-c8cccc9cnccc89)nc(-c8cccc9cnccc89)n7)cc56)c24)-c2ccccc2-3)cc1. The largest absolute Gasteiger partial charge is 0.264 e. The molecule has 9 aromatic carbocycles. The average Bonchev–Trinajstić information content (AvgIpc) is 3.70. The fourth-order valence-corrected chi connectivity index (χ4v) is 9.93. The second-order valence-electron chi connectivity index (χ2n) is 16.3. The maximum absolute atomic E-state index is 9.63. The van der Waals surface area contributed by atoms with Crippen LogP contribution in [0, 0.1) is 11.3 Å². The normalized spacial score (nSPS) is 11.7. The van der Waals surface area contributed by atoms with E-state index in [1.54, 1.807) is 0 Å². The van der Waals surface area contributed by atoms with Crippen molar-refractivity contribution in [2.45, 2.75) is 0 Å². The summed E-state index contributed by atoms with van der Waals surface area (Å²) in [6.45, 7) is 0. The molecule has 12 aromatic rings. The summed E-state index contributed by atoms with van der Waals surface area (Å²) in [5.41, 5.74) is 12.9. The van der Waals surface area contributed by atoms with Crippen LogP contribution in [0.3, 0.4) is 0 Å². The molecule has 0 saturated heterocycles. The first-order valence-corrected chi connectivity index (χ1v) is 21.3. The second-order valence-corrected chi connectivity index (χ2v) is 16.3. The van der Waals surface area contributed by atoms with Crippen molar-refractivity contribution in [3.8, 4) is 84.7 Å². The molecule has 6 nitrogen and oxygen atoms in total. The lowest BCUT2D eigenvalue weighted by molar-refractivity contribution is 1.08. The molecule has 0 N–H and O–H groups in total. The maximum Gasteiger partial charge on any atom is 0.164 e. The zero-order valence-corrected chi connectivity index (χ0v) is 34.2. The molecule has 3 aromatic heterocycles. The number of aromatic nitrogens is 5. The van der Waals surface area contributed by atoms with E-state index in [4.69, 9.17) is 15.0 Å². The van der Waals surface area contributed by atoms with Crippen molar-refractivity contribution in [1.82, 2.24) is 24.9 Å². The van der Waals surface area contributed by atoms with Gasteiger partial charge < -0.3 is 0 Å². The molecule has 64 heavy (non-hydrogen) atoms. The molecule has 0 fully saturated rings. The van der Waals surface area contributed by atoms with Crippen LogP contribution in [0.1, 0.15) is 5.56 Å². The van der Waals surface area contributed by atoms with E-state index in [1.807, 2.05) is 61.2 Å². The highest BCUT2D eigenvalue weighted by molar-refractivity contribution is 6.24. The molecule has 3 heterocycles. The molecule has 13 rings (SSSR count). The van der Waals surface area contributed by atoms with E-state index in [2.05, 4.69) is 149 Å². The lowest BCUT2D eigenvalue weighted by atomic mass is 9.86. The number of nitriles is 1. The number of pyridine rings is 2. The first kappa shape index (κ1) is 35.8. The Balaban J connectivity index is 1.03. The van der Waals surface area contributed by atoms with Gasteiger partial charge in [-0.3, -0.25) is 9.97 Å². The molecule has 0 aliphatic heterocycles. The van der Waals surface area contributed by atoms with Crippen molar-refractivity contribution >= 4 is 53.9 Å². The topological polar surface area (TPSA) is 88.2 Å². The number of fused-ring (bicyclic) bond motifs is 8. The highest BCUT2D eigenvalue weighted by Crippen LogP contribution is 2.52. The Kier molecular flexibility index (Phi) is 7.87. The van der Waals surface area contributed by atoms with Crippen LogP contribution in [0.4, 0.5) is 0 Å². The predicted molar refractivity (Wildman–Crippen MR) is 259 cm³/mol. The fraction of sp³-hybridized carbons (Fsp3) is 0. The van der Waals surface area contributed by atoms with E-state index in [-0.39, 0.29) is 0 Å². The van der Waals surface area contributed by atoms with Crippen LogP contribution in [0.25, 0.3) is 133 Å². The molecule has 294 valence electrons. The Morgan fingerprint density at radius 3 is 1.52 bits per heavy atom. The summed E-state index contributed by atoms with van der Waals surface area (Å²) in [7, 11) is 0. The molecule has 0 spiro atoms. The van der Waals surface area contributed by atoms with E-state index < -0.39 is 0 Å². The summed E-state index contributed by atoms with van der Waals surface area (Å²) < 4.78 is 0. The Labute approximate surface area is 367 Å². The van der Waals surface area contributed by atoms with Gasteiger partial charge in [-0.1, -0.05) is 140 Å².